The molecule has 1 amide bonds. The summed E-state index contributed by atoms with van der Waals surface area (Å²) < 4.78 is 5.54. The lowest BCUT2D eigenvalue weighted by molar-refractivity contribution is -0.393. The molecule has 2 aromatic rings. The number of nitrogens with one attached hydrogen (secondary N) is 1. The summed E-state index contributed by atoms with van der Waals surface area (Å²) in [6, 6.07) is 5.07. The molecule has 29 heavy (non-hydrogen) atoms. The summed E-state index contributed by atoms with van der Waals surface area (Å²) in [4.78, 5) is 32.2. The first-order valence-corrected chi connectivity index (χ1v) is 9.02. The fourth-order valence-electron chi connectivity index (χ4n) is 2.38. The molecule has 11 nitrogen and oxygen atoms in total. The van der Waals surface area contributed by atoms with Gasteiger partial charge in [0.25, 0.3) is 5.69 Å². The van der Waals surface area contributed by atoms with Crippen molar-refractivity contribution in [3.8, 4) is 5.75 Å². The molecular formula is C17H16BrN5O6. The fourth-order valence-corrected chi connectivity index (χ4v) is 2.90. The van der Waals surface area contributed by atoms with E-state index >= 15 is 0 Å². The summed E-state index contributed by atoms with van der Waals surface area (Å²) >= 11 is 3.06. The highest BCUT2D eigenvalue weighted by Gasteiger charge is 2.23. The normalized spacial score (nSPS) is 10.8. The number of carbonyl (C=O) groups excluding carboxylic acids is 1. The maximum Gasteiger partial charge on any atom is 0.304 e. The van der Waals surface area contributed by atoms with Gasteiger partial charge in [0.2, 0.25) is 5.91 Å². The average Bonchev–Trinajstić information content (AvgIpc) is 2.62. The number of hydrogen-bond donors (Lipinski definition) is 1. The SMILES string of the molecule is CCOc1cc(N=Nc2c(Br)cc([N+](=O)[O-])cc2[N+](=O)[O-])c(NC(C)=O)cc1C. The van der Waals surface area contributed by atoms with Gasteiger partial charge in [-0.25, -0.2) is 0 Å². The van der Waals surface area contributed by atoms with E-state index in [0.717, 1.165) is 17.7 Å². The molecular weight excluding hydrogens is 450 g/mol. The summed E-state index contributed by atoms with van der Waals surface area (Å²) in [5.41, 5.74) is 0.0325. The molecule has 0 aliphatic heterocycles. The minimum absolute atomic E-state index is 0.0281. The molecule has 0 saturated heterocycles. The molecule has 1 N–H and O–H groups in total. The van der Waals surface area contributed by atoms with Crippen LogP contribution in [0.5, 0.6) is 5.75 Å². The molecule has 0 bridgehead atoms. The second-order valence-corrected chi connectivity index (χ2v) is 6.61. The van der Waals surface area contributed by atoms with Crippen molar-refractivity contribution in [3.05, 3.63) is 54.5 Å². The number of benzene rings is 2. The zero-order valence-electron chi connectivity index (χ0n) is 15.6. The number of ether oxygens (including phenoxy) is 1. The highest BCUT2D eigenvalue weighted by molar-refractivity contribution is 9.10. The predicted octanol–water partition coefficient (Wildman–Crippen LogP) is 5.35. The van der Waals surface area contributed by atoms with Crippen LogP contribution in [0, 0.1) is 27.2 Å². The molecule has 0 heterocycles. The monoisotopic (exact) mass is 465 g/mol. The zero-order chi connectivity index (χ0) is 21.7. The molecule has 0 saturated carbocycles. The highest BCUT2D eigenvalue weighted by Crippen LogP contribution is 2.41. The number of carbonyl (C=O) groups is 1. The quantitative estimate of drug-likeness (QED) is 0.330. The topological polar surface area (TPSA) is 149 Å². The minimum atomic E-state index is -0.790. The van der Waals surface area contributed by atoms with Gasteiger partial charge in [0.15, 0.2) is 5.69 Å². The number of halogens is 1. The molecule has 2 aromatic carbocycles. The number of nitro benzene ring substituents is 2. The van der Waals surface area contributed by atoms with E-state index in [0.29, 0.717) is 18.0 Å². The lowest BCUT2D eigenvalue weighted by Crippen LogP contribution is -2.06. The van der Waals surface area contributed by atoms with E-state index in [9.17, 15) is 25.0 Å². The molecule has 0 aliphatic rings. The van der Waals surface area contributed by atoms with Crippen molar-refractivity contribution in [2.24, 2.45) is 10.2 Å². The molecule has 0 fully saturated rings. The van der Waals surface area contributed by atoms with E-state index < -0.39 is 21.2 Å². The summed E-state index contributed by atoms with van der Waals surface area (Å²) in [5, 5.41) is 32.8. The second-order valence-electron chi connectivity index (χ2n) is 5.76. The van der Waals surface area contributed by atoms with E-state index in [2.05, 4.69) is 31.5 Å². The third-order valence-electron chi connectivity index (χ3n) is 3.60. The smallest absolute Gasteiger partial charge is 0.304 e. The fraction of sp³-hybridized carbons (Fsp3) is 0.235. The molecule has 0 radical (unpaired) electrons. The van der Waals surface area contributed by atoms with Crippen molar-refractivity contribution in [3.63, 3.8) is 0 Å². The van der Waals surface area contributed by atoms with E-state index in [-0.39, 0.29) is 21.8 Å². The molecule has 0 spiro atoms. The number of azo groups is 1. The first-order valence-electron chi connectivity index (χ1n) is 8.23. The van der Waals surface area contributed by atoms with Crippen LogP contribution in [0.1, 0.15) is 19.4 Å². The van der Waals surface area contributed by atoms with E-state index in [4.69, 9.17) is 4.74 Å². The number of aryl methyl sites for hydroxylation is 1. The zero-order valence-corrected chi connectivity index (χ0v) is 17.2. The molecule has 2 rings (SSSR count). The van der Waals surface area contributed by atoms with Gasteiger partial charge in [-0.2, -0.15) is 0 Å². The van der Waals surface area contributed by atoms with Gasteiger partial charge in [-0.05, 0) is 41.4 Å². The maximum absolute atomic E-state index is 11.5. The van der Waals surface area contributed by atoms with Gasteiger partial charge in [-0.3, -0.25) is 25.0 Å². The van der Waals surface area contributed by atoms with E-state index in [1.807, 2.05) is 0 Å². The summed E-state index contributed by atoms with van der Waals surface area (Å²) in [7, 11) is 0. The number of nitro groups is 2. The third kappa shape index (κ3) is 5.31. The van der Waals surface area contributed by atoms with Crippen LogP contribution in [0.3, 0.4) is 0 Å². The van der Waals surface area contributed by atoms with Gasteiger partial charge in [0, 0.05) is 19.1 Å². The van der Waals surface area contributed by atoms with Crippen LogP contribution < -0.4 is 10.1 Å². The Morgan fingerprint density at radius 1 is 1.17 bits per heavy atom. The van der Waals surface area contributed by atoms with Crippen molar-refractivity contribution in [2.45, 2.75) is 20.8 Å². The number of anilines is 1. The number of nitrogens with zero attached hydrogens (tertiary/aromatic N) is 4. The van der Waals surface area contributed by atoms with Crippen LogP contribution >= 0.6 is 15.9 Å². The number of non-ortho nitro benzene ring substituents is 1. The lowest BCUT2D eigenvalue weighted by atomic mass is 10.1. The largest absolute Gasteiger partial charge is 0.494 e. The van der Waals surface area contributed by atoms with Crippen LogP contribution in [-0.2, 0) is 4.79 Å². The minimum Gasteiger partial charge on any atom is -0.494 e. The molecule has 0 atom stereocenters. The van der Waals surface area contributed by atoms with Gasteiger partial charge in [0.1, 0.15) is 11.4 Å². The van der Waals surface area contributed by atoms with Crippen molar-refractivity contribution >= 4 is 50.3 Å². The summed E-state index contributed by atoms with van der Waals surface area (Å²) in [6.45, 7) is 5.31. The number of rotatable bonds is 7. The van der Waals surface area contributed by atoms with Crippen LogP contribution in [0.15, 0.2) is 39.0 Å². The summed E-state index contributed by atoms with van der Waals surface area (Å²) in [5.74, 6) is 0.167. The molecule has 12 heteroatoms. The van der Waals surface area contributed by atoms with Gasteiger partial charge in [0.05, 0.1) is 32.7 Å². The molecule has 0 aromatic heterocycles. The van der Waals surface area contributed by atoms with Crippen molar-refractivity contribution < 1.29 is 19.4 Å². The first-order chi connectivity index (χ1) is 13.6. The Kier molecular flexibility index (Phi) is 6.93. The van der Waals surface area contributed by atoms with Crippen LogP contribution in [0.25, 0.3) is 0 Å². The van der Waals surface area contributed by atoms with Gasteiger partial charge >= 0.3 is 5.69 Å². The number of hydrogen-bond acceptors (Lipinski definition) is 8. The van der Waals surface area contributed by atoms with Gasteiger partial charge < -0.3 is 10.1 Å². The van der Waals surface area contributed by atoms with Crippen LogP contribution in [0.4, 0.5) is 28.4 Å². The maximum atomic E-state index is 11.5. The predicted molar refractivity (Wildman–Crippen MR) is 108 cm³/mol. The first kappa shape index (κ1) is 21.9. The molecule has 0 aliphatic carbocycles. The molecule has 0 unspecified atom stereocenters. The Morgan fingerprint density at radius 2 is 1.86 bits per heavy atom. The van der Waals surface area contributed by atoms with Crippen LogP contribution in [0.2, 0.25) is 0 Å². The van der Waals surface area contributed by atoms with Crippen molar-refractivity contribution in [2.75, 3.05) is 11.9 Å². The van der Waals surface area contributed by atoms with E-state index in [1.165, 1.54) is 6.92 Å². The summed E-state index contributed by atoms with van der Waals surface area (Å²) in [6.07, 6.45) is 0. The average molecular weight is 466 g/mol. The Hall–Kier alpha value is -3.41. The third-order valence-corrected chi connectivity index (χ3v) is 4.20. The van der Waals surface area contributed by atoms with Crippen LogP contribution in [-0.4, -0.2) is 22.4 Å². The Bertz CT molecular complexity index is 1020. The Labute approximate surface area is 173 Å². The number of amides is 1. The lowest BCUT2D eigenvalue weighted by Gasteiger charge is -2.12. The van der Waals surface area contributed by atoms with Gasteiger partial charge in [-0.1, -0.05) is 0 Å². The van der Waals surface area contributed by atoms with Gasteiger partial charge in [-0.15, -0.1) is 10.2 Å². The van der Waals surface area contributed by atoms with Crippen molar-refractivity contribution in [1.29, 1.82) is 0 Å². The van der Waals surface area contributed by atoms with E-state index in [1.54, 1.807) is 26.0 Å². The highest BCUT2D eigenvalue weighted by atomic mass is 79.9. The molecule has 152 valence electrons. The second kappa shape index (κ2) is 9.19. The standard InChI is InChI=1S/C17H16BrN5O6/c1-4-29-16-8-14(13(5-9(16)2)19-10(3)24)20-21-17-12(18)6-11(22(25)26)7-15(17)23(27)28/h5-8H,4H2,1-3H3,(H,19,24). The Balaban J connectivity index is 2.60. The Morgan fingerprint density at radius 3 is 2.41 bits per heavy atom. The van der Waals surface area contributed by atoms with Crippen molar-refractivity contribution in [1.82, 2.24) is 0 Å².